The molecule has 4 rings (SSSR count). The summed E-state index contributed by atoms with van der Waals surface area (Å²) in [5, 5.41) is 21.2. The zero-order valence-electron chi connectivity index (χ0n) is 12.1. The van der Waals surface area contributed by atoms with Gasteiger partial charge in [0.15, 0.2) is 0 Å². The predicted octanol–water partition coefficient (Wildman–Crippen LogP) is 2.83. The van der Waals surface area contributed by atoms with Crippen molar-refractivity contribution in [2.75, 3.05) is 0 Å². The number of imidazole rings is 1. The average Bonchev–Trinajstić information content (AvgIpc) is 2.84. The molecule has 0 aliphatic carbocycles. The summed E-state index contributed by atoms with van der Waals surface area (Å²) in [5.74, 6) is -0.478. The van der Waals surface area contributed by atoms with Crippen molar-refractivity contribution in [1.82, 2.24) is 9.38 Å². The smallest absolute Gasteiger partial charge is 0.349 e. The van der Waals surface area contributed by atoms with E-state index in [-0.39, 0.29) is 28.5 Å². The standard InChI is InChI=1S/C17H12N2O4/c1-9-6-7-12-18-14(16(21)19(12)8-9)13-15(20)10-4-2-3-5-11(10)23-17(13)22/h2-8,20-21H,1H3. The van der Waals surface area contributed by atoms with Crippen LogP contribution >= 0.6 is 0 Å². The van der Waals surface area contributed by atoms with Crippen molar-refractivity contribution in [2.24, 2.45) is 0 Å². The molecule has 1 aromatic carbocycles. The van der Waals surface area contributed by atoms with Crippen LogP contribution in [-0.4, -0.2) is 19.6 Å². The lowest BCUT2D eigenvalue weighted by Crippen LogP contribution is -2.04. The third-order valence-electron chi connectivity index (χ3n) is 3.76. The first-order valence-electron chi connectivity index (χ1n) is 6.99. The summed E-state index contributed by atoms with van der Waals surface area (Å²) in [6, 6.07) is 10.2. The first-order chi connectivity index (χ1) is 11.1. The highest BCUT2D eigenvalue weighted by atomic mass is 16.4. The van der Waals surface area contributed by atoms with Gasteiger partial charge in [-0.25, -0.2) is 9.78 Å². The molecule has 6 heteroatoms. The summed E-state index contributed by atoms with van der Waals surface area (Å²) in [6.45, 7) is 1.88. The molecule has 0 amide bonds. The quantitative estimate of drug-likeness (QED) is 0.528. The van der Waals surface area contributed by atoms with Gasteiger partial charge in [0.1, 0.15) is 28.2 Å². The second kappa shape index (κ2) is 4.61. The zero-order valence-corrected chi connectivity index (χ0v) is 12.1. The normalized spacial score (nSPS) is 11.3. The summed E-state index contributed by atoms with van der Waals surface area (Å²) in [7, 11) is 0. The van der Waals surface area contributed by atoms with E-state index in [1.54, 1.807) is 36.5 Å². The number of rotatable bonds is 1. The van der Waals surface area contributed by atoms with E-state index in [9.17, 15) is 15.0 Å². The van der Waals surface area contributed by atoms with E-state index >= 15 is 0 Å². The number of fused-ring (bicyclic) bond motifs is 2. The highest BCUT2D eigenvalue weighted by molar-refractivity contribution is 5.90. The largest absolute Gasteiger partial charge is 0.506 e. The third kappa shape index (κ3) is 1.88. The van der Waals surface area contributed by atoms with E-state index in [1.165, 1.54) is 4.40 Å². The maximum Gasteiger partial charge on any atom is 0.349 e. The van der Waals surface area contributed by atoms with Crippen molar-refractivity contribution in [3.63, 3.8) is 0 Å². The Kier molecular flexibility index (Phi) is 2.68. The van der Waals surface area contributed by atoms with Crippen LogP contribution in [0.15, 0.2) is 51.8 Å². The molecule has 23 heavy (non-hydrogen) atoms. The zero-order chi connectivity index (χ0) is 16.1. The van der Waals surface area contributed by atoms with Crippen molar-refractivity contribution in [3.05, 3.63) is 58.6 Å². The molecule has 0 radical (unpaired) electrons. The van der Waals surface area contributed by atoms with Crippen molar-refractivity contribution < 1.29 is 14.6 Å². The van der Waals surface area contributed by atoms with Gasteiger partial charge in [-0.1, -0.05) is 18.2 Å². The van der Waals surface area contributed by atoms with E-state index in [0.717, 1.165) is 5.56 Å². The number of aryl methyl sites for hydroxylation is 1. The second-order valence-corrected chi connectivity index (χ2v) is 5.33. The van der Waals surface area contributed by atoms with Crippen molar-refractivity contribution >= 4 is 16.6 Å². The number of hydrogen-bond donors (Lipinski definition) is 2. The molecule has 114 valence electrons. The van der Waals surface area contributed by atoms with Crippen LogP contribution in [0.5, 0.6) is 11.6 Å². The van der Waals surface area contributed by atoms with Gasteiger partial charge in [0.2, 0.25) is 5.88 Å². The third-order valence-corrected chi connectivity index (χ3v) is 3.76. The van der Waals surface area contributed by atoms with Gasteiger partial charge >= 0.3 is 5.63 Å². The fourth-order valence-corrected chi connectivity index (χ4v) is 2.65. The van der Waals surface area contributed by atoms with E-state index in [1.807, 2.05) is 13.0 Å². The minimum atomic E-state index is -0.753. The number of nitrogens with zero attached hydrogens (tertiary/aromatic N) is 2. The minimum absolute atomic E-state index is 0.00685. The van der Waals surface area contributed by atoms with Crippen LogP contribution in [0.3, 0.4) is 0 Å². The molecule has 0 unspecified atom stereocenters. The Morgan fingerprint density at radius 1 is 1.13 bits per heavy atom. The lowest BCUT2D eigenvalue weighted by Gasteiger charge is -2.04. The van der Waals surface area contributed by atoms with Gasteiger partial charge in [-0.3, -0.25) is 4.40 Å². The first-order valence-corrected chi connectivity index (χ1v) is 6.99. The molecule has 6 nitrogen and oxygen atoms in total. The molecule has 0 spiro atoms. The minimum Gasteiger partial charge on any atom is -0.506 e. The Morgan fingerprint density at radius 3 is 2.74 bits per heavy atom. The van der Waals surface area contributed by atoms with Crippen LogP contribution in [-0.2, 0) is 0 Å². The van der Waals surface area contributed by atoms with Crippen LogP contribution in [0.25, 0.3) is 27.9 Å². The number of para-hydroxylation sites is 1. The van der Waals surface area contributed by atoms with Gasteiger partial charge in [-0.15, -0.1) is 0 Å². The fraction of sp³-hybridized carbons (Fsp3) is 0.0588. The fourth-order valence-electron chi connectivity index (χ4n) is 2.65. The molecular weight excluding hydrogens is 296 g/mol. The highest BCUT2D eigenvalue weighted by Crippen LogP contribution is 2.36. The number of hydrogen-bond acceptors (Lipinski definition) is 5. The molecule has 0 aliphatic heterocycles. The van der Waals surface area contributed by atoms with Crippen LogP contribution in [0.1, 0.15) is 5.56 Å². The maximum atomic E-state index is 12.3. The van der Waals surface area contributed by atoms with Crippen molar-refractivity contribution in [2.45, 2.75) is 6.92 Å². The van der Waals surface area contributed by atoms with Crippen molar-refractivity contribution in [3.8, 4) is 22.9 Å². The molecular formula is C17H12N2O4. The Balaban J connectivity index is 2.10. The van der Waals surface area contributed by atoms with Crippen LogP contribution in [0.4, 0.5) is 0 Å². The van der Waals surface area contributed by atoms with Gasteiger partial charge in [-0.2, -0.15) is 0 Å². The summed E-state index contributed by atoms with van der Waals surface area (Å²) in [5.41, 5.74) is 0.756. The van der Waals surface area contributed by atoms with Gasteiger partial charge < -0.3 is 14.6 Å². The summed E-state index contributed by atoms with van der Waals surface area (Å²) >= 11 is 0. The number of aromatic nitrogens is 2. The van der Waals surface area contributed by atoms with Gasteiger partial charge in [-0.05, 0) is 30.7 Å². The monoisotopic (exact) mass is 308 g/mol. The highest BCUT2D eigenvalue weighted by Gasteiger charge is 2.23. The predicted molar refractivity (Wildman–Crippen MR) is 84.7 cm³/mol. The van der Waals surface area contributed by atoms with Gasteiger partial charge in [0.25, 0.3) is 0 Å². The summed E-state index contributed by atoms with van der Waals surface area (Å²) in [6.07, 6.45) is 1.70. The summed E-state index contributed by atoms with van der Waals surface area (Å²) in [4.78, 5) is 16.5. The van der Waals surface area contributed by atoms with Crippen LogP contribution < -0.4 is 5.63 Å². The molecule has 0 saturated carbocycles. The Labute approximate surface area is 129 Å². The second-order valence-electron chi connectivity index (χ2n) is 5.33. The maximum absolute atomic E-state index is 12.3. The Hall–Kier alpha value is -3.28. The van der Waals surface area contributed by atoms with E-state index in [2.05, 4.69) is 4.98 Å². The number of pyridine rings is 1. The molecule has 0 bridgehead atoms. The molecule has 3 aromatic heterocycles. The number of aromatic hydroxyl groups is 2. The lowest BCUT2D eigenvalue weighted by atomic mass is 10.1. The Bertz CT molecular complexity index is 1120. The van der Waals surface area contributed by atoms with Gasteiger partial charge in [0.05, 0.1) is 5.39 Å². The SMILES string of the molecule is Cc1ccc2nc(-c3c(O)c4ccccc4oc3=O)c(O)n2c1. The number of benzene rings is 1. The summed E-state index contributed by atoms with van der Waals surface area (Å²) < 4.78 is 6.68. The van der Waals surface area contributed by atoms with Gasteiger partial charge in [0, 0.05) is 6.20 Å². The molecule has 0 saturated heterocycles. The molecule has 0 fully saturated rings. The Morgan fingerprint density at radius 2 is 1.91 bits per heavy atom. The van der Waals surface area contributed by atoms with Crippen LogP contribution in [0, 0.1) is 6.92 Å². The first kappa shape index (κ1) is 13.4. The average molecular weight is 308 g/mol. The molecule has 0 aliphatic rings. The molecule has 3 heterocycles. The molecule has 0 atom stereocenters. The topological polar surface area (TPSA) is 88.0 Å². The van der Waals surface area contributed by atoms with Crippen LogP contribution in [0.2, 0.25) is 0 Å². The lowest BCUT2D eigenvalue weighted by molar-refractivity contribution is 0.446. The van der Waals surface area contributed by atoms with E-state index < -0.39 is 5.63 Å². The van der Waals surface area contributed by atoms with Crippen molar-refractivity contribution in [1.29, 1.82) is 0 Å². The molecule has 4 aromatic rings. The van der Waals surface area contributed by atoms with E-state index in [0.29, 0.717) is 11.0 Å². The molecule has 2 N–H and O–H groups in total. The van der Waals surface area contributed by atoms with E-state index in [4.69, 9.17) is 4.42 Å².